The highest BCUT2D eigenvalue weighted by molar-refractivity contribution is 6.29. The summed E-state index contributed by atoms with van der Waals surface area (Å²) in [5.41, 5.74) is 0.745. The van der Waals surface area contributed by atoms with Crippen LogP contribution in [-0.2, 0) is 4.79 Å². The van der Waals surface area contributed by atoms with E-state index in [1.165, 1.54) is 0 Å². The number of anilines is 1. The molecular weight excluding hydrogens is 242 g/mol. The molecule has 1 N–H and O–H groups in total. The SMILES string of the molecule is Cc1cc(Cl)nc(N2CCCC[C@H]2C(=O)O)n1. The third-order valence-electron chi connectivity index (χ3n) is 2.86. The molecule has 1 aliphatic heterocycles. The molecule has 2 heterocycles. The highest BCUT2D eigenvalue weighted by Crippen LogP contribution is 2.23. The molecule has 1 aliphatic rings. The van der Waals surface area contributed by atoms with E-state index in [9.17, 15) is 9.90 Å². The van der Waals surface area contributed by atoms with Crippen LogP contribution in [0.25, 0.3) is 0 Å². The molecule has 1 atom stereocenters. The minimum atomic E-state index is -0.828. The van der Waals surface area contributed by atoms with E-state index in [2.05, 4.69) is 9.97 Å². The number of piperidine rings is 1. The maximum atomic E-state index is 11.2. The number of aliphatic carboxylic acids is 1. The Morgan fingerprint density at radius 3 is 2.94 bits per heavy atom. The minimum absolute atomic E-state index is 0.349. The number of carbonyl (C=O) groups is 1. The number of carboxylic acids is 1. The maximum Gasteiger partial charge on any atom is 0.326 e. The lowest BCUT2D eigenvalue weighted by Crippen LogP contribution is -2.45. The second-order valence-corrected chi connectivity index (χ2v) is 4.56. The first-order valence-corrected chi connectivity index (χ1v) is 5.96. The Morgan fingerprint density at radius 1 is 1.53 bits per heavy atom. The lowest BCUT2D eigenvalue weighted by molar-refractivity contribution is -0.139. The average Bonchev–Trinajstić information content (AvgIpc) is 2.27. The highest BCUT2D eigenvalue weighted by atomic mass is 35.5. The Bertz CT molecular complexity index is 418. The first-order chi connectivity index (χ1) is 8.08. The van der Waals surface area contributed by atoms with Gasteiger partial charge in [0.2, 0.25) is 5.95 Å². The van der Waals surface area contributed by atoms with Crippen molar-refractivity contribution in [2.24, 2.45) is 0 Å². The summed E-state index contributed by atoms with van der Waals surface area (Å²) in [4.78, 5) is 21.3. The van der Waals surface area contributed by atoms with Crippen molar-refractivity contribution in [3.05, 3.63) is 16.9 Å². The number of hydrogen-bond acceptors (Lipinski definition) is 4. The monoisotopic (exact) mass is 255 g/mol. The third-order valence-corrected chi connectivity index (χ3v) is 3.05. The molecule has 1 aromatic heterocycles. The van der Waals surface area contributed by atoms with Gasteiger partial charge in [-0.1, -0.05) is 11.6 Å². The van der Waals surface area contributed by atoms with Crippen molar-refractivity contribution in [3.63, 3.8) is 0 Å². The molecule has 0 unspecified atom stereocenters. The van der Waals surface area contributed by atoms with Crippen molar-refractivity contribution in [1.82, 2.24) is 9.97 Å². The van der Waals surface area contributed by atoms with Crippen LogP contribution in [0.3, 0.4) is 0 Å². The van der Waals surface area contributed by atoms with Crippen LogP contribution in [0.1, 0.15) is 25.0 Å². The van der Waals surface area contributed by atoms with E-state index >= 15 is 0 Å². The predicted octanol–water partition coefficient (Wildman–Crippen LogP) is 1.88. The van der Waals surface area contributed by atoms with Crippen LogP contribution in [0.5, 0.6) is 0 Å². The summed E-state index contributed by atoms with van der Waals surface area (Å²) in [6, 6.07) is 1.12. The first-order valence-electron chi connectivity index (χ1n) is 5.58. The highest BCUT2D eigenvalue weighted by Gasteiger charge is 2.30. The lowest BCUT2D eigenvalue weighted by Gasteiger charge is -2.32. The average molecular weight is 256 g/mol. The fraction of sp³-hybridized carbons (Fsp3) is 0.545. The van der Waals surface area contributed by atoms with Gasteiger partial charge in [0.1, 0.15) is 11.2 Å². The number of hydrogen-bond donors (Lipinski definition) is 1. The van der Waals surface area contributed by atoms with E-state index in [0.29, 0.717) is 24.1 Å². The molecule has 0 aromatic carbocycles. The first kappa shape index (κ1) is 12.1. The molecule has 0 aliphatic carbocycles. The molecule has 17 heavy (non-hydrogen) atoms. The summed E-state index contributed by atoms with van der Waals surface area (Å²) in [5, 5.41) is 9.53. The molecule has 0 bridgehead atoms. The van der Waals surface area contributed by atoms with Gasteiger partial charge in [-0.15, -0.1) is 0 Å². The molecule has 1 fully saturated rings. The van der Waals surface area contributed by atoms with E-state index < -0.39 is 12.0 Å². The van der Waals surface area contributed by atoms with Crippen molar-refractivity contribution in [2.75, 3.05) is 11.4 Å². The predicted molar refractivity (Wildman–Crippen MR) is 64.4 cm³/mol. The van der Waals surface area contributed by atoms with Crippen molar-refractivity contribution in [3.8, 4) is 0 Å². The Labute approximate surface area is 104 Å². The van der Waals surface area contributed by atoms with Crippen LogP contribution in [0.2, 0.25) is 5.15 Å². The Hall–Kier alpha value is -1.36. The largest absolute Gasteiger partial charge is 0.480 e. The van der Waals surface area contributed by atoms with Gasteiger partial charge in [-0.25, -0.2) is 14.8 Å². The van der Waals surface area contributed by atoms with E-state index in [4.69, 9.17) is 11.6 Å². The van der Waals surface area contributed by atoms with E-state index in [1.807, 2.05) is 6.92 Å². The van der Waals surface area contributed by atoms with Crippen LogP contribution in [0, 0.1) is 6.92 Å². The Morgan fingerprint density at radius 2 is 2.29 bits per heavy atom. The number of carboxylic acid groups (broad SMARTS) is 1. The number of aromatic nitrogens is 2. The van der Waals surface area contributed by atoms with Gasteiger partial charge >= 0.3 is 5.97 Å². The van der Waals surface area contributed by atoms with Crippen LogP contribution in [-0.4, -0.2) is 33.6 Å². The minimum Gasteiger partial charge on any atom is -0.480 e. The normalized spacial score (nSPS) is 20.4. The Kier molecular flexibility index (Phi) is 3.47. The zero-order valence-electron chi connectivity index (χ0n) is 9.56. The fourth-order valence-electron chi connectivity index (χ4n) is 2.07. The van der Waals surface area contributed by atoms with Gasteiger partial charge in [0.25, 0.3) is 0 Å². The van der Waals surface area contributed by atoms with Crippen LogP contribution < -0.4 is 4.90 Å². The number of halogens is 1. The molecule has 0 amide bonds. The molecule has 92 valence electrons. The van der Waals surface area contributed by atoms with Crippen molar-refractivity contribution in [2.45, 2.75) is 32.2 Å². The van der Waals surface area contributed by atoms with Crippen LogP contribution in [0.15, 0.2) is 6.07 Å². The molecule has 0 saturated carbocycles. The summed E-state index contributed by atoms with van der Waals surface area (Å²) in [5.74, 6) is -0.409. The molecule has 1 aromatic rings. The number of aryl methyl sites for hydroxylation is 1. The van der Waals surface area contributed by atoms with E-state index in [0.717, 1.165) is 18.5 Å². The number of rotatable bonds is 2. The van der Waals surface area contributed by atoms with E-state index in [1.54, 1.807) is 11.0 Å². The summed E-state index contributed by atoms with van der Waals surface area (Å²) >= 11 is 5.87. The molecule has 0 radical (unpaired) electrons. The molecule has 1 saturated heterocycles. The maximum absolute atomic E-state index is 11.2. The quantitative estimate of drug-likeness (QED) is 0.818. The topological polar surface area (TPSA) is 66.3 Å². The van der Waals surface area contributed by atoms with Gasteiger partial charge < -0.3 is 10.0 Å². The van der Waals surface area contributed by atoms with Gasteiger partial charge in [-0.3, -0.25) is 0 Å². The fourth-order valence-corrected chi connectivity index (χ4v) is 2.30. The van der Waals surface area contributed by atoms with Gasteiger partial charge in [-0.05, 0) is 32.3 Å². The smallest absolute Gasteiger partial charge is 0.326 e. The van der Waals surface area contributed by atoms with Crippen molar-refractivity contribution < 1.29 is 9.90 Å². The standard InChI is InChI=1S/C11H14ClN3O2/c1-7-6-9(12)14-11(13-7)15-5-3-2-4-8(15)10(16)17/h6,8H,2-5H2,1H3,(H,16,17)/t8-/m0/s1. The summed E-state index contributed by atoms with van der Waals surface area (Å²) in [7, 11) is 0. The summed E-state index contributed by atoms with van der Waals surface area (Å²) < 4.78 is 0. The summed E-state index contributed by atoms with van der Waals surface area (Å²) in [6.07, 6.45) is 2.51. The van der Waals surface area contributed by atoms with Gasteiger partial charge in [0.15, 0.2) is 0 Å². The lowest BCUT2D eigenvalue weighted by atomic mass is 10.0. The Balaban J connectivity index is 2.32. The van der Waals surface area contributed by atoms with Gasteiger partial charge in [0, 0.05) is 12.2 Å². The zero-order chi connectivity index (χ0) is 12.4. The van der Waals surface area contributed by atoms with Gasteiger partial charge in [-0.2, -0.15) is 0 Å². The van der Waals surface area contributed by atoms with E-state index in [-0.39, 0.29) is 0 Å². The van der Waals surface area contributed by atoms with Crippen LogP contribution >= 0.6 is 11.6 Å². The zero-order valence-corrected chi connectivity index (χ0v) is 10.3. The molecule has 2 rings (SSSR count). The molecular formula is C11H14ClN3O2. The number of nitrogens with zero attached hydrogens (tertiary/aromatic N) is 3. The molecule has 6 heteroatoms. The third kappa shape index (κ3) is 2.66. The second-order valence-electron chi connectivity index (χ2n) is 4.18. The van der Waals surface area contributed by atoms with Gasteiger partial charge in [0.05, 0.1) is 0 Å². The molecule has 0 spiro atoms. The second kappa shape index (κ2) is 4.87. The van der Waals surface area contributed by atoms with Crippen LogP contribution in [0.4, 0.5) is 5.95 Å². The van der Waals surface area contributed by atoms with Crippen molar-refractivity contribution >= 4 is 23.5 Å². The molecule has 5 nitrogen and oxygen atoms in total. The summed E-state index contributed by atoms with van der Waals surface area (Å²) in [6.45, 7) is 2.48. The van der Waals surface area contributed by atoms with Crippen molar-refractivity contribution in [1.29, 1.82) is 0 Å².